The molecule has 0 radical (unpaired) electrons. The quantitative estimate of drug-likeness (QED) is 0.563. The molecule has 3 nitrogen and oxygen atoms in total. The molecule has 0 aliphatic rings. The van der Waals surface area contributed by atoms with E-state index in [2.05, 4.69) is 47.3 Å². The average Bonchev–Trinajstić information content (AvgIpc) is 1.99. The highest BCUT2D eigenvalue weighted by atomic mass is 31.2. The maximum atomic E-state index is 10.0. The van der Waals surface area contributed by atoms with Crippen molar-refractivity contribution in [2.24, 2.45) is 0 Å². The van der Waals surface area contributed by atoms with Crippen LogP contribution < -0.4 is 0 Å². The molecule has 0 spiro atoms. The van der Waals surface area contributed by atoms with Gasteiger partial charge in [0.2, 0.25) is 0 Å². The third-order valence-electron chi connectivity index (χ3n) is 2.31. The van der Waals surface area contributed by atoms with Gasteiger partial charge in [-0.05, 0) is 33.7 Å². The first-order valence-electron chi connectivity index (χ1n) is 6.05. The van der Waals surface area contributed by atoms with Crippen LogP contribution >= 0.6 is 8.53 Å². The lowest BCUT2D eigenvalue weighted by Crippen LogP contribution is -2.33. The van der Waals surface area contributed by atoms with Crippen molar-refractivity contribution in [1.29, 1.82) is 0 Å². The minimum absolute atomic E-state index is 0.322. The van der Waals surface area contributed by atoms with Crippen LogP contribution in [0.4, 0.5) is 0 Å². The Kier molecular flexibility index (Phi) is 7.30. The van der Waals surface area contributed by atoms with Crippen LogP contribution in [0.15, 0.2) is 0 Å². The first-order chi connectivity index (χ1) is 7.15. The summed E-state index contributed by atoms with van der Waals surface area (Å²) in [5.74, 6) is 0. The van der Waals surface area contributed by atoms with E-state index in [1.165, 1.54) is 0 Å². The van der Waals surface area contributed by atoms with E-state index in [1.807, 2.05) is 4.67 Å². The molecule has 1 atom stereocenters. The van der Waals surface area contributed by atoms with E-state index in [-0.39, 0.29) is 0 Å². The summed E-state index contributed by atoms with van der Waals surface area (Å²) in [6, 6.07) is 1.75. The Labute approximate surface area is 103 Å². The topological polar surface area (TPSA) is 32.7 Å². The van der Waals surface area contributed by atoms with E-state index in [4.69, 9.17) is 4.52 Å². The summed E-state index contributed by atoms with van der Waals surface area (Å²) in [7, 11) is -2.48. The lowest BCUT2D eigenvalue weighted by molar-refractivity contribution is 0.219. The van der Waals surface area contributed by atoms with Gasteiger partial charge in [0.05, 0.1) is 6.61 Å². The monoisotopic (exact) mass is 265 g/mol. The fourth-order valence-corrected chi connectivity index (χ4v) is 3.56. The first-order valence-corrected chi connectivity index (χ1v) is 10.9. The van der Waals surface area contributed by atoms with Gasteiger partial charge in [0, 0.05) is 20.2 Å². The molecule has 5 heteroatoms. The number of hydrogen-bond acceptors (Lipinski definition) is 3. The van der Waals surface area contributed by atoms with E-state index in [1.54, 1.807) is 0 Å². The average molecular weight is 265 g/mol. The molecule has 98 valence electrons. The predicted octanol–water partition coefficient (Wildman–Crippen LogP) is 3.68. The standard InChI is InChI=1S/C11H28NO2PSi/c1-10(2)12(11(3)4)15(13)14-8-9-16(5,6)7/h10-11,13H,8-9H2,1-7H3. The molecule has 0 rings (SSSR count). The van der Waals surface area contributed by atoms with Crippen molar-refractivity contribution >= 4 is 16.6 Å². The molecular formula is C11H28NO2PSi. The zero-order valence-corrected chi connectivity index (χ0v) is 13.7. The van der Waals surface area contributed by atoms with Crippen molar-refractivity contribution in [3.8, 4) is 0 Å². The number of rotatable bonds is 7. The van der Waals surface area contributed by atoms with E-state index < -0.39 is 16.6 Å². The first kappa shape index (κ1) is 16.5. The lowest BCUT2D eigenvalue weighted by atomic mass is 10.3. The molecule has 0 bridgehead atoms. The molecule has 0 saturated carbocycles. The molecule has 0 heterocycles. The molecule has 0 aromatic rings. The van der Waals surface area contributed by atoms with Crippen LogP contribution in [0.3, 0.4) is 0 Å². The minimum atomic E-state index is -1.42. The Bertz CT molecular complexity index is 187. The molecule has 0 aliphatic carbocycles. The highest BCUT2D eigenvalue weighted by Gasteiger charge is 2.24. The third kappa shape index (κ3) is 6.97. The zero-order chi connectivity index (χ0) is 12.9. The lowest BCUT2D eigenvalue weighted by Gasteiger charge is -2.33. The van der Waals surface area contributed by atoms with Crippen molar-refractivity contribution in [3.63, 3.8) is 0 Å². The van der Waals surface area contributed by atoms with E-state index in [0.29, 0.717) is 18.7 Å². The predicted molar refractivity (Wildman–Crippen MR) is 75.4 cm³/mol. The largest absolute Gasteiger partial charge is 0.338 e. The van der Waals surface area contributed by atoms with Gasteiger partial charge in [0.25, 0.3) is 8.53 Å². The fraction of sp³-hybridized carbons (Fsp3) is 1.00. The van der Waals surface area contributed by atoms with Crippen LogP contribution in [-0.4, -0.2) is 36.3 Å². The van der Waals surface area contributed by atoms with Crippen molar-refractivity contribution in [2.45, 2.75) is 65.5 Å². The molecule has 1 unspecified atom stereocenters. The summed E-state index contributed by atoms with van der Waals surface area (Å²) in [5.41, 5.74) is 0. The van der Waals surface area contributed by atoms with Gasteiger partial charge in [-0.25, -0.2) is 4.67 Å². The SMILES string of the molecule is CC(C)N(C(C)C)P(O)OCC[Si](C)(C)C. The van der Waals surface area contributed by atoms with Crippen LogP contribution in [0, 0.1) is 0 Å². The second-order valence-electron chi connectivity index (χ2n) is 5.96. The van der Waals surface area contributed by atoms with Crippen LogP contribution in [0.1, 0.15) is 27.7 Å². The molecule has 0 aliphatic heterocycles. The molecule has 0 amide bonds. The molecule has 0 aromatic heterocycles. The van der Waals surface area contributed by atoms with E-state index in [0.717, 1.165) is 6.04 Å². The second kappa shape index (κ2) is 7.07. The normalized spacial score (nSPS) is 15.2. The second-order valence-corrected chi connectivity index (χ2v) is 12.8. The summed E-state index contributed by atoms with van der Waals surface area (Å²) in [6.45, 7) is 16.0. The summed E-state index contributed by atoms with van der Waals surface area (Å²) < 4.78 is 7.62. The summed E-state index contributed by atoms with van der Waals surface area (Å²) >= 11 is 0. The molecule has 1 N–H and O–H groups in total. The Morgan fingerprint density at radius 2 is 1.56 bits per heavy atom. The van der Waals surface area contributed by atoms with E-state index in [9.17, 15) is 4.89 Å². The van der Waals surface area contributed by atoms with Gasteiger partial charge in [-0.15, -0.1) is 0 Å². The summed E-state index contributed by atoms with van der Waals surface area (Å²) in [5, 5.41) is 0. The number of nitrogens with zero attached hydrogens (tertiary/aromatic N) is 1. The van der Waals surface area contributed by atoms with Crippen LogP contribution in [0.2, 0.25) is 25.7 Å². The van der Waals surface area contributed by atoms with Crippen LogP contribution in [-0.2, 0) is 4.52 Å². The van der Waals surface area contributed by atoms with Gasteiger partial charge >= 0.3 is 0 Å². The zero-order valence-electron chi connectivity index (χ0n) is 11.8. The van der Waals surface area contributed by atoms with Crippen molar-refractivity contribution in [1.82, 2.24) is 4.67 Å². The van der Waals surface area contributed by atoms with Gasteiger partial charge in [0.1, 0.15) is 0 Å². The van der Waals surface area contributed by atoms with Gasteiger partial charge in [0.15, 0.2) is 0 Å². The highest BCUT2D eigenvalue weighted by Crippen LogP contribution is 2.40. The Morgan fingerprint density at radius 1 is 1.12 bits per heavy atom. The smallest absolute Gasteiger partial charge is 0.256 e. The molecular weight excluding hydrogens is 237 g/mol. The minimum Gasteiger partial charge on any atom is -0.338 e. The van der Waals surface area contributed by atoms with Gasteiger partial charge in [-0.2, -0.15) is 0 Å². The van der Waals surface area contributed by atoms with Crippen molar-refractivity contribution in [3.05, 3.63) is 0 Å². The van der Waals surface area contributed by atoms with Crippen molar-refractivity contribution < 1.29 is 9.42 Å². The Hall–Kier alpha value is 0.527. The fourth-order valence-electron chi connectivity index (χ4n) is 1.49. The molecule has 0 aromatic carbocycles. The molecule has 0 saturated heterocycles. The van der Waals surface area contributed by atoms with E-state index >= 15 is 0 Å². The van der Waals surface area contributed by atoms with Crippen LogP contribution in [0.5, 0.6) is 0 Å². The summed E-state index contributed by atoms with van der Waals surface area (Å²) in [4.78, 5) is 10.0. The van der Waals surface area contributed by atoms with Crippen molar-refractivity contribution in [2.75, 3.05) is 6.61 Å². The maximum absolute atomic E-state index is 10.0. The van der Waals surface area contributed by atoms with Gasteiger partial charge < -0.3 is 9.42 Å². The van der Waals surface area contributed by atoms with Crippen LogP contribution in [0.25, 0.3) is 0 Å². The van der Waals surface area contributed by atoms with Gasteiger partial charge in [-0.1, -0.05) is 19.6 Å². The Balaban J connectivity index is 4.07. The molecule has 16 heavy (non-hydrogen) atoms. The Morgan fingerprint density at radius 3 is 1.88 bits per heavy atom. The highest BCUT2D eigenvalue weighted by molar-refractivity contribution is 7.43. The van der Waals surface area contributed by atoms with Gasteiger partial charge in [-0.3, -0.25) is 0 Å². The molecule has 0 fully saturated rings. The maximum Gasteiger partial charge on any atom is 0.256 e. The summed E-state index contributed by atoms with van der Waals surface area (Å²) in [6.07, 6.45) is 0. The number of hydrogen-bond donors (Lipinski definition) is 1. The third-order valence-corrected chi connectivity index (χ3v) is 5.75.